The molecule has 1 rings (SSSR count). The first-order chi connectivity index (χ1) is 9.31. The number of nitrogens with two attached hydrogens (primary N) is 1. The minimum atomic E-state index is -1.34. The molecule has 0 radical (unpaired) electrons. The normalized spacial score (nSPS) is 9.60. The van der Waals surface area contributed by atoms with E-state index in [9.17, 15) is 24.5 Å². The fourth-order valence-corrected chi connectivity index (χ4v) is 1.23. The van der Waals surface area contributed by atoms with Crippen molar-refractivity contribution < 1.29 is 29.2 Å². The van der Waals surface area contributed by atoms with Crippen molar-refractivity contribution in [3.05, 3.63) is 33.9 Å². The number of ether oxygens (including phenoxy) is 1. The van der Waals surface area contributed by atoms with Crippen molar-refractivity contribution in [3.8, 4) is 5.75 Å². The zero-order valence-electron chi connectivity index (χ0n) is 9.86. The minimum absolute atomic E-state index is 0.300. The van der Waals surface area contributed by atoms with Gasteiger partial charge in [-0.25, -0.2) is 9.59 Å². The molecule has 0 aliphatic heterocycles. The summed E-state index contributed by atoms with van der Waals surface area (Å²) < 4.78 is 4.84. The number of carboxylic acid groups (broad SMARTS) is 1. The Morgan fingerprint density at radius 1 is 1.40 bits per heavy atom. The largest absolute Gasteiger partial charge is 0.478 e. The lowest BCUT2D eigenvalue weighted by molar-refractivity contribution is -0.385. The van der Waals surface area contributed by atoms with Crippen LogP contribution in [0.15, 0.2) is 18.2 Å². The van der Waals surface area contributed by atoms with Gasteiger partial charge >= 0.3 is 17.7 Å². The zero-order valence-corrected chi connectivity index (χ0v) is 9.86. The average molecular weight is 283 g/mol. The van der Waals surface area contributed by atoms with E-state index < -0.39 is 35.1 Å². The third-order valence-corrected chi connectivity index (χ3v) is 2.02. The van der Waals surface area contributed by atoms with E-state index in [0.29, 0.717) is 0 Å². The maximum atomic E-state index is 11.1. The Kier molecular flexibility index (Phi) is 4.56. The Labute approximate surface area is 111 Å². The number of nitrogens with one attached hydrogen (secondary N) is 1. The Hall–Kier alpha value is -3.17. The number of amides is 3. The first-order valence-corrected chi connectivity index (χ1v) is 5.05. The van der Waals surface area contributed by atoms with E-state index in [0.717, 1.165) is 18.2 Å². The predicted octanol–water partition coefficient (Wildman–Crippen LogP) is -0.133. The highest BCUT2D eigenvalue weighted by molar-refractivity contribution is 5.94. The number of nitro groups is 1. The van der Waals surface area contributed by atoms with Crippen molar-refractivity contribution in [2.75, 3.05) is 6.61 Å². The van der Waals surface area contributed by atoms with E-state index in [1.807, 2.05) is 0 Å². The van der Waals surface area contributed by atoms with Gasteiger partial charge in [0.2, 0.25) is 0 Å². The first-order valence-electron chi connectivity index (χ1n) is 5.05. The van der Waals surface area contributed by atoms with Gasteiger partial charge in [0.25, 0.3) is 5.91 Å². The number of hydrogen-bond acceptors (Lipinski definition) is 6. The van der Waals surface area contributed by atoms with Crippen LogP contribution in [-0.2, 0) is 4.79 Å². The third-order valence-electron chi connectivity index (χ3n) is 2.02. The number of carboxylic acids is 1. The number of aromatic carboxylic acids is 1. The topological polar surface area (TPSA) is 162 Å². The molecule has 20 heavy (non-hydrogen) atoms. The molecule has 0 saturated heterocycles. The SMILES string of the molecule is NC(=O)NC(=O)COc1ccc(C(=O)O)cc1[N+](=O)[O-]. The summed E-state index contributed by atoms with van der Waals surface area (Å²) in [5.74, 6) is -2.54. The lowest BCUT2D eigenvalue weighted by Gasteiger charge is -2.06. The number of urea groups is 1. The van der Waals surface area contributed by atoms with Crippen molar-refractivity contribution in [1.29, 1.82) is 0 Å². The van der Waals surface area contributed by atoms with Gasteiger partial charge < -0.3 is 15.6 Å². The number of rotatable bonds is 5. The van der Waals surface area contributed by atoms with E-state index >= 15 is 0 Å². The molecule has 10 nitrogen and oxygen atoms in total. The number of hydrogen-bond donors (Lipinski definition) is 3. The highest BCUT2D eigenvalue weighted by Crippen LogP contribution is 2.27. The molecule has 0 aliphatic carbocycles. The van der Waals surface area contributed by atoms with Gasteiger partial charge in [0, 0.05) is 6.07 Å². The van der Waals surface area contributed by atoms with Crippen molar-refractivity contribution in [2.45, 2.75) is 0 Å². The van der Waals surface area contributed by atoms with Gasteiger partial charge in [0.05, 0.1) is 10.5 Å². The van der Waals surface area contributed by atoms with Crippen LogP contribution in [0.5, 0.6) is 5.75 Å². The summed E-state index contributed by atoms with van der Waals surface area (Å²) in [5.41, 5.74) is 3.78. The molecule has 106 valence electrons. The van der Waals surface area contributed by atoms with E-state index in [1.165, 1.54) is 0 Å². The van der Waals surface area contributed by atoms with Crippen LogP contribution in [0.2, 0.25) is 0 Å². The minimum Gasteiger partial charge on any atom is -0.478 e. The second-order valence-electron chi connectivity index (χ2n) is 3.45. The van der Waals surface area contributed by atoms with Crippen LogP contribution in [0.3, 0.4) is 0 Å². The second-order valence-corrected chi connectivity index (χ2v) is 3.45. The quantitative estimate of drug-likeness (QED) is 0.500. The van der Waals surface area contributed by atoms with E-state index in [1.54, 1.807) is 5.32 Å². The number of imide groups is 1. The highest BCUT2D eigenvalue weighted by atomic mass is 16.6. The highest BCUT2D eigenvalue weighted by Gasteiger charge is 2.19. The molecule has 0 atom stereocenters. The fourth-order valence-electron chi connectivity index (χ4n) is 1.23. The molecule has 0 heterocycles. The lowest BCUT2D eigenvalue weighted by atomic mass is 10.2. The van der Waals surface area contributed by atoms with Crippen molar-refractivity contribution in [3.63, 3.8) is 0 Å². The maximum Gasteiger partial charge on any atom is 0.335 e. The molecule has 0 bridgehead atoms. The van der Waals surface area contributed by atoms with Gasteiger partial charge in [-0.1, -0.05) is 0 Å². The Morgan fingerprint density at radius 2 is 2.05 bits per heavy atom. The lowest BCUT2D eigenvalue weighted by Crippen LogP contribution is -2.38. The number of nitrogens with zero attached hydrogens (tertiary/aromatic N) is 1. The maximum absolute atomic E-state index is 11.1. The fraction of sp³-hybridized carbons (Fsp3) is 0.100. The Morgan fingerprint density at radius 3 is 2.55 bits per heavy atom. The molecule has 0 aromatic heterocycles. The van der Waals surface area contributed by atoms with Crippen LogP contribution < -0.4 is 15.8 Å². The molecular formula is C10H9N3O7. The monoisotopic (exact) mass is 283 g/mol. The molecule has 0 saturated carbocycles. The molecule has 0 unspecified atom stereocenters. The molecule has 0 fully saturated rings. The molecule has 0 aliphatic rings. The van der Waals surface area contributed by atoms with Gasteiger partial charge in [-0.3, -0.25) is 20.2 Å². The van der Waals surface area contributed by atoms with Gasteiger partial charge in [0.15, 0.2) is 12.4 Å². The van der Waals surface area contributed by atoms with E-state index in [-0.39, 0.29) is 11.3 Å². The second kappa shape index (κ2) is 6.13. The molecule has 0 spiro atoms. The zero-order chi connectivity index (χ0) is 15.3. The van der Waals surface area contributed by atoms with Crippen LogP contribution in [0, 0.1) is 10.1 Å². The van der Waals surface area contributed by atoms with Crippen molar-refractivity contribution >= 4 is 23.6 Å². The van der Waals surface area contributed by atoms with Gasteiger partial charge in [-0.05, 0) is 12.1 Å². The molecular weight excluding hydrogens is 274 g/mol. The van der Waals surface area contributed by atoms with Crippen LogP contribution in [0.1, 0.15) is 10.4 Å². The Balaban J connectivity index is 2.89. The number of nitro benzene ring substituents is 1. The van der Waals surface area contributed by atoms with Crippen LogP contribution in [0.25, 0.3) is 0 Å². The van der Waals surface area contributed by atoms with Gasteiger partial charge in [0.1, 0.15) is 0 Å². The Bertz CT molecular complexity index is 584. The van der Waals surface area contributed by atoms with Gasteiger partial charge in [-0.15, -0.1) is 0 Å². The van der Waals surface area contributed by atoms with Crippen molar-refractivity contribution in [1.82, 2.24) is 5.32 Å². The number of primary amides is 1. The summed E-state index contributed by atoms with van der Waals surface area (Å²) in [5, 5.41) is 21.2. The number of carbonyl (C=O) groups excluding carboxylic acids is 2. The summed E-state index contributed by atoms with van der Waals surface area (Å²) in [6, 6.07) is 1.83. The third kappa shape index (κ3) is 3.94. The summed E-state index contributed by atoms with van der Waals surface area (Å²) >= 11 is 0. The smallest absolute Gasteiger partial charge is 0.335 e. The van der Waals surface area contributed by atoms with Crippen LogP contribution >= 0.6 is 0 Å². The molecule has 4 N–H and O–H groups in total. The molecule has 3 amide bonds. The number of benzene rings is 1. The predicted molar refractivity (Wildman–Crippen MR) is 63.3 cm³/mol. The number of carbonyl (C=O) groups is 3. The van der Waals surface area contributed by atoms with Gasteiger partial charge in [-0.2, -0.15) is 0 Å². The molecule has 1 aromatic rings. The summed E-state index contributed by atoms with van der Waals surface area (Å²) in [7, 11) is 0. The van der Waals surface area contributed by atoms with Crippen LogP contribution in [-0.4, -0.2) is 34.5 Å². The standard InChI is InChI=1S/C10H9N3O7/c11-10(17)12-8(14)4-20-7-2-1-5(9(15)16)3-6(7)13(18)19/h1-3H,4H2,(H,15,16)(H3,11,12,14,17). The average Bonchev–Trinajstić information content (AvgIpc) is 2.35. The summed E-state index contributed by atoms with van der Waals surface area (Å²) in [6.07, 6.45) is 0. The molecule has 10 heteroatoms. The van der Waals surface area contributed by atoms with Crippen molar-refractivity contribution in [2.24, 2.45) is 5.73 Å². The molecule has 1 aromatic carbocycles. The summed E-state index contributed by atoms with van der Waals surface area (Å²) in [6.45, 7) is -0.684. The van der Waals surface area contributed by atoms with E-state index in [4.69, 9.17) is 15.6 Å². The summed E-state index contributed by atoms with van der Waals surface area (Å²) in [4.78, 5) is 42.1. The first kappa shape index (κ1) is 14.9. The van der Waals surface area contributed by atoms with Crippen LogP contribution in [0.4, 0.5) is 10.5 Å². The van der Waals surface area contributed by atoms with E-state index in [2.05, 4.69) is 0 Å².